The molecular weight excluding hydrogens is 437 g/mol. The Labute approximate surface area is 187 Å². The molecule has 0 aliphatic carbocycles. The molecule has 3 heterocycles. The Morgan fingerprint density at radius 2 is 2.00 bits per heavy atom. The number of carbonyl (C=O) groups excluding carboxylic acids is 2. The number of hydrogen-bond acceptors (Lipinski definition) is 5. The van der Waals surface area contributed by atoms with Gasteiger partial charge in [-0.3, -0.25) is 20.1 Å². The highest BCUT2D eigenvalue weighted by Crippen LogP contribution is 2.43. The van der Waals surface area contributed by atoms with E-state index in [1.807, 2.05) is 18.2 Å². The molecular formula is C22H19ClFN5O3. The van der Waals surface area contributed by atoms with Crippen molar-refractivity contribution in [2.45, 2.75) is 17.9 Å². The molecule has 164 valence electrons. The second kappa shape index (κ2) is 7.70. The summed E-state index contributed by atoms with van der Waals surface area (Å²) in [5, 5.41) is 12.8. The van der Waals surface area contributed by atoms with Crippen LogP contribution in [0.1, 0.15) is 17.4 Å². The van der Waals surface area contributed by atoms with Crippen LogP contribution >= 0.6 is 11.6 Å². The second-order valence-corrected chi connectivity index (χ2v) is 8.16. The molecule has 0 saturated carbocycles. The monoisotopic (exact) mass is 455 g/mol. The Kier molecular flexibility index (Phi) is 4.96. The van der Waals surface area contributed by atoms with Crippen molar-refractivity contribution in [2.75, 3.05) is 6.54 Å². The molecule has 3 amide bonds. The number of carbonyl (C=O) groups is 2. The normalized spacial score (nSPS) is 24.3. The molecule has 2 aromatic carbocycles. The van der Waals surface area contributed by atoms with Gasteiger partial charge >= 0.3 is 6.03 Å². The molecule has 32 heavy (non-hydrogen) atoms. The summed E-state index contributed by atoms with van der Waals surface area (Å²) in [6, 6.07) is 13.0. The summed E-state index contributed by atoms with van der Waals surface area (Å²) in [6.07, 6.45) is 0.460. The molecule has 2 aliphatic rings. The first-order chi connectivity index (χ1) is 15.4. The van der Waals surface area contributed by atoms with Crippen molar-refractivity contribution in [3.05, 3.63) is 76.8 Å². The van der Waals surface area contributed by atoms with Gasteiger partial charge in [0.05, 0.1) is 5.69 Å². The standard InChI is InChI=1S/C22H19ClFN5O3/c1-29-16(9-10-26-29)22(20(30)27-21(31)28-22)11-25-19-18(32-19)17-14(3-2-4-15(17)24)12-5-7-13(23)8-6-12/h2-10,18-19,25H,11H2,1H3,(H2,27,28,30,31). The number of ether oxygens (including phenoxy) is 1. The maximum absolute atomic E-state index is 14.8. The molecule has 0 spiro atoms. The third-order valence-electron chi connectivity index (χ3n) is 5.75. The Morgan fingerprint density at radius 3 is 2.66 bits per heavy atom. The Morgan fingerprint density at radius 1 is 1.22 bits per heavy atom. The van der Waals surface area contributed by atoms with Gasteiger partial charge in [-0.15, -0.1) is 0 Å². The van der Waals surface area contributed by atoms with Crippen LogP contribution in [0.5, 0.6) is 0 Å². The zero-order valence-corrected chi connectivity index (χ0v) is 17.7. The zero-order chi connectivity index (χ0) is 22.5. The van der Waals surface area contributed by atoms with Crippen molar-refractivity contribution in [1.29, 1.82) is 0 Å². The molecule has 0 bridgehead atoms. The number of halogens is 2. The highest BCUT2D eigenvalue weighted by Gasteiger charge is 2.52. The molecule has 5 rings (SSSR count). The van der Waals surface area contributed by atoms with Gasteiger partial charge in [0.2, 0.25) is 0 Å². The van der Waals surface area contributed by atoms with Crippen LogP contribution in [0.3, 0.4) is 0 Å². The average molecular weight is 456 g/mol. The fourth-order valence-electron chi connectivity index (χ4n) is 4.13. The van der Waals surface area contributed by atoms with E-state index in [1.165, 1.54) is 10.7 Å². The molecule has 3 aromatic rings. The van der Waals surface area contributed by atoms with Gasteiger partial charge in [0, 0.05) is 30.4 Å². The lowest BCUT2D eigenvalue weighted by Crippen LogP contribution is -2.53. The number of urea groups is 1. The lowest BCUT2D eigenvalue weighted by Gasteiger charge is -2.26. The molecule has 3 unspecified atom stereocenters. The Hall–Kier alpha value is -3.27. The topological polar surface area (TPSA) is 101 Å². The summed E-state index contributed by atoms with van der Waals surface area (Å²) in [7, 11) is 1.68. The van der Waals surface area contributed by atoms with Crippen LogP contribution in [0.2, 0.25) is 5.02 Å². The molecule has 2 saturated heterocycles. The SMILES string of the molecule is Cn1nccc1C1(CNC2OC2c2c(F)cccc2-c2ccc(Cl)cc2)NC(=O)NC1=O. The number of aryl methyl sites for hydroxylation is 1. The summed E-state index contributed by atoms with van der Waals surface area (Å²) in [6.45, 7) is 0.0377. The zero-order valence-electron chi connectivity index (χ0n) is 16.9. The third kappa shape index (κ3) is 3.44. The van der Waals surface area contributed by atoms with Crippen LogP contribution in [0.4, 0.5) is 9.18 Å². The highest BCUT2D eigenvalue weighted by molar-refractivity contribution is 6.30. The predicted molar refractivity (Wildman–Crippen MR) is 114 cm³/mol. The van der Waals surface area contributed by atoms with E-state index < -0.39 is 29.8 Å². The Balaban J connectivity index is 1.39. The van der Waals surface area contributed by atoms with E-state index in [4.69, 9.17) is 16.3 Å². The minimum Gasteiger partial charge on any atom is -0.348 e. The van der Waals surface area contributed by atoms with Crippen LogP contribution < -0.4 is 16.0 Å². The van der Waals surface area contributed by atoms with Crippen LogP contribution in [-0.4, -0.2) is 34.5 Å². The molecule has 1 aromatic heterocycles. The first kappa shape index (κ1) is 20.6. The number of rotatable bonds is 6. The number of hydrogen-bond donors (Lipinski definition) is 3. The van der Waals surface area contributed by atoms with Crippen LogP contribution in [0, 0.1) is 5.82 Å². The van der Waals surface area contributed by atoms with E-state index in [-0.39, 0.29) is 12.4 Å². The number of imide groups is 1. The van der Waals surface area contributed by atoms with Crippen molar-refractivity contribution >= 4 is 23.5 Å². The van der Waals surface area contributed by atoms with Gasteiger partial charge in [0.25, 0.3) is 5.91 Å². The molecule has 8 nitrogen and oxygen atoms in total. The van der Waals surface area contributed by atoms with Gasteiger partial charge in [-0.2, -0.15) is 5.10 Å². The number of nitrogens with zero attached hydrogens (tertiary/aromatic N) is 2. The Bertz CT molecular complexity index is 1210. The average Bonchev–Trinajstić information content (AvgIpc) is 3.29. The van der Waals surface area contributed by atoms with Crippen molar-refractivity contribution in [2.24, 2.45) is 7.05 Å². The van der Waals surface area contributed by atoms with Gasteiger partial charge in [-0.1, -0.05) is 35.9 Å². The first-order valence-corrected chi connectivity index (χ1v) is 10.3. The van der Waals surface area contributed by atoms with Gasteiger partial charge in [-0.25, -0.2) is 9.18 Å². The van der Waals surface area contributed by atoms with E-state index in [9.17, 15) is 14.0 Å². The lowest BCUT2D eigenvalue weighted by molar-refractivity contribution is -0.124. The maximum atomic E-state index is 14.8. The number of amides is 3. The quantitative estimate of drug-likeness (QED) is 0.392. The predicted octanol–water partition coefficient (Wildman–Crippen LogP) is 2.60. The van der Waals surface area contributed by atoms with E-state index in [0.717, 1.165) is 5.56 Å². The minimum atomic E-state index is -1.35. The van der Waals surface area contributed by atoms with Gasteiger partial charge < -0.3 is 10.1 Å². The van der Waals surface area contributed by atoms with Gasteiger partial charge in [-0.05, 0) is 35.4 Å². The summed E-state index contributed by atoms with van der Waals surface area (Å²) >= 11 is 5.98. The molecule has 10 heteroatoms. The van der Waals surface area contributed by atoms with Crippen molar-refractivity contribution in [3.8, 4) is 11.1 Å². The number of aromatic nitrogens is 2. The van der Waals surface area contributed by atoms with E-state index in [0.29, 0.717) is 21.8 Å². The second-order valence-electron chi connectivity index (χ2n) is 7.72. The van der Waals surface area contributed by atoms with Crippen LogP contribution in [-0.2, 0) is 22.1 Å². The van der Waals surface area contributed by atoms with E-state index in [2.05, 4.69) is 21.0 Å². The summed E-state index contributed by atoms with van der Waals surface area (Å²) in [4.78, 5) is 24.6. The molecule has 2 aliphatic heterocycles. The number of epoxide rings is 1. The fraction of sp³-hybridized carbons (Fsp3) is 0.227. The van der Waals surface area contributed by atoms with E-state index >= 15 is 0 Å². The van der Waals surface area contributed by atoms with Gasteiger partial charge in [0.1, 0.15) is 18.1 Å². The highest BCUT2D eigenvalue weighted by atomic mass is 35.5. The summed E-state index contributed by atoms with van der Waals surface area (Å²) in [5.74, 6) is -0.886. The van der Waals surface area contributed by atoms with Crippen LogP contribution in [0.15, 0.2) is 54.7 Å². The third-order valence-corrected chi connectivity index (χ3v) is 6.00. The molecule has 2 fully saturated rings. The van der Waals surface area contributed by atoms with Gasteiger partial charge in [0.15, 0.2) is 5.54 Å². The first-order valence-electron chi connectivity index (χ1n) is 9.94. The largest absolute Gasteiger partial charge is 0.348 e. The van der Waals surface area contributed by atoms with E-state index in [1.54, 1.807) is 37.5 Å². The summed E-state index contributed by atoms with van der Waals surface area (Å²) < 4.78 is 22.1. The fourth-order valence-corrected chi connectivity index (χ4v) is 4.25. The maximum Gasteiger partial charge on any atom is 0.322 e. The molecule has 3 atom stereocenters. The lowest BCUT2D eigenvalue weighted by atomic mass is 9.94. The smallest absolute Gasteiger partial charge is 0.322 e. The molecule has 0 radical (unpaired) electrons. The van der Waals surface area contributed by atoms with Crippen molar-refractivity contribution in [1.82, 2.24) is 25.7 Å². The minimum absolute atomic E-state index is 0.0377. The summed E-state index contributed by atoms with van der Waals surface area (Å²) in [5.41, 5.74) is 1.09. The van der Waals surface area contributed by atoms with Crippen molar-refractivity contribution in [3.63, 3.8) is 0 Å². The van der Waals surface area contributed by atoms with Crippen molar-refractivity contribution < 1.29 is 18.7 Å². The number of nitrogens with one attached hydrogen (secondary N) is 3. The molecule has 3 N–H and O–H groups in total. The van der Waals surface area contributed by atoms with Crippen LogP contribution in [0.25, 0.3) is 11.1 Å². The number of benzene rings is 2.